The molecule has 0 spiro atoms. The maximum Gasteiger partial charge on any atom is 0.149 e. The number of hydrogen-bond acceptors (Lipinski definition) is 2. The highest BCUT2D eigenvalue weighted by Crippen LogP contribution is 2.06. The zero-order valence-electron chi connectivity index (χ0n) is 8.50. The van der Waals surface area contributed by atoms with E-state index in [4.69, 9.17) is 12.2 Å². The Morgan fingerprint density at radius 3 is 2.81 bits per heavy atom. The molecule has 1 aromatic heterocycles. The lowest BCUT2D eigenvalue weighted by atomic mass is 10.1. The van der Waals surface area contributed by atoms with Crippen LogP contribution in [0.4, 0.5) is 0 Å². The van der Waals surface area contributed by atoms with Crippen LogP contribution < -0.4 is 5.43 Å². The van der Waals surface area contributed by atoms with E-state index in [-0.39, 0.29) is 0 Å². The fourth-order valence-corrected chi connectivity index (χ4v) is 1.65. The zero-order chi connectivity index (χ0) is 11.4. The molecule has 0 atom stereocenters. The van der Waals surface area contributed by atoms with E-state index in [1.807, 2.05) is 24.4 Å². The maximum absolute atomic E-state index is 4.87. The first kappa shape index (κ1) is 11.2. The molecule has 1 N–H and O–H groups in total. The maximum atomic E-state index is 4.87. The predicted octanol–water partition coefficient (Wildman–Crippen LogP) is 2.23. The highest BCUT2D eigenvalue weighted by Gasteiger charge is 2.03. The second-order valence-corrected chi connectivity index (χ2v) is 4.45. The number of thiocarbonyl (C=S) groups is 1. The van der Waals surface area contributed by atoms with Gasteiger partial charge in [-0.1, -0.05) is 42.5 Å². The smallest absolute Gasteiger partial charge is 0.149 e. The van der Waals surface area contributed by atoms with E-state index in [0.717, 1.165) is 12.2 Å². The Labute approximate surface area is 105 Å². The van der Waals surface area contributed by atoms with Gasteiger partial charge in [0.2, 0.25) is 0 Å². The Morgan fingerprint density at radius 1 is 1.38 bits per heavy atom. The van der Waals surface area contributed by atoms with Gasteiger partial charge in [0, 0.05) is 18.8 Å². The monoisotopic (exact) mass is 249 g/mol. The predicted molar refractivity (Wildman–Crippen MR) is 72.4 cm³/mol. The summed E-state index contributed by atoms with van der Waals surface area (Å²) in [6.07, 6.45) is 4.31. The summed E-state index contributed by atoms with van der Waals surface area (Å²) in [4.78, 5) is 4.27. The third-order valence-corrected chi connectivity index (χ3v) is 2.33. The van der Waals surface area contributed by atoms with E-state index >= 15 is 0 Å². The summed E-state index contributed by atoms with van der Waals surface area (Å²) >= 11 is 8.90. The molecule has 0 amide bonds. The van der Waals surface area contributed by atoms with Crippen molar-refractivity contribution < 1.29 is 0 Å². The molecule has 0 saturated carbocycles. The Balaban J connectivity index is 2.16. The summed E-state index contributed by atoms with van der Waals surface area (Å²) in [7, 11) is 0. The second kappa shape index (κ2) is 5.14. The summed E-state index contributed by atoms with van der Waals surface area (Å²) in [5.41, 5.74) is 4.13. The Bertz CT molecular complexity index is 479. The lowest BCUT2D eigenvalue weighted by Gasteiger charge is -2.08. The molecule has 0 aliphatic rings. The summed E-state index contributed by atoms with van der Waals surface area (Å²) < 4.78 is 2.20. The number of thiol groups is 1. The van der Waals surface area contributed by atoms with Crippen molar-refractivity contribution in [1.29, 1.82) is 0 Å². The van der Waals surface area contributed by atoms with Gasteiger partial charge in [0.15, 0.2) is 0 Å². The molecule has 16 heavy (non-hydrogen) atoms. The molecule has 5 heteroatoms. The van der Waals surface area contributed by atoms with E-state index in [9.17, 15) is 0 Å². The Morgan fingerprint density at radius 2 is 2.12 bits per heavy atom. The van der Waals surface area contributed by atoms with Gasteiger partial charge in [0.05, 0.1) is 0 Å². The normalized spacial score (nSPS) is 10.1. The van der Waals surface area contributed by atoms with Gasteiger partial charge >= 0.3 is 0 Å². The lowest BCUT2D eigenvalue weighted by Crippen LogP contribution is -2.18. The minimum Gasteiger partial charge on any atom is -0.277 e. The van der Waals surface area contributed by atoms with Crippen LogP contribution >= 0.6 is 24.8 Å². The van der Waals surface area contributed by atoms with Crippen molar-refractivity contribution in [2.45, 2.75) is 6.42 Å². The first-order chi connectivity index (χ1) is 7.75. The SMILES string of the molecule is S=C(S)Nn1ccnc1Cc1ccccc1. The number of nitrogens with one attached hydrogen (secondary N) is 1. The van der Waals surface area contributed by atoms with Crippen molar-refractivity contribution in [1.82, 2.24) is 9.66 Å². The van der Waals surface area contributed by atoms with Gasteiger partial charge in [-0.05, 0) is 5.56 Å². The van der Waals surface area contributed by atoms with E-state index < -0.39 is 0 Å². The third-order valence-electron chi connectivity index (χ3n) is 2.14. The summed E-state index contributed by atoms with van der Waals surface area (Å²) in [5, 5.41) is 0. The third kappa shape index (κ3) is 2.84. The van der Waals surface area contributed by atoms with Crippen molar-refractivity contribution in [3.63, 3.8) is 0 Å². The Kier molecular flexibility index (Phi) is 3.58. The lowest BCUT2D eigenvalue weighted by molar-refractivity contribution is 0.868. The van der Waals surface area contributed by atoms with Gasteiger partial charge in [-0.25, -0.2) is 9.66 Å². The van der Waals surface area contributed by atoms with Gasteiger partial charge < -0.3 is 0 Å². The van der Waals surface area contributed by atoms with Gasteiger partial charge in [0.1, 0.15) is 10.1 Å². The van der Waals surface area contributed by atoms with Crippen LogP contribution in [0.15, 0.2) is 42.7 Å². The van der Waals surface area contributed by atoms with Gasteiger partial charge in [-0.15, -0.1) is 12.6 Å². The molecule has 1 heterocycles. The largest absolute Gasteiger partial charge is 0.277 e. The molecule has 0 aliphatic carbocycles. The molecule has 82 valence electrons. The number of hydrogen-bond donors (Lipinski definition) is 2. The van der Waals surface area contributed by atoms with Crippen LogP contribution in [-0.2, 0) is 6.42 Å². The Hall–Kier alpha value is -1.33. The molecule has 1 aromatic carbocycles. The van der Waals surface area contributed by atoms with Crippen LogP contribution in [-0.4, -0.2) is 14.0 Å². The fourth-order valence-electron chi connectivity index (χ4n) is 1.45. The van der Waals surface area contributed by atoms with Crippen LogP contribution in [0.5, 0.6) is 0 Å². The molecule has 0 bridgehead atoms. The van der Waals surface area contributed by atoms with Gasteiger partial charge in [-0.2, -0.15) is 0 Å². The highest BCUT2D eigenvalue weighted by molar-refractivity contribution is 8.11. The standard InChI is InChI=1S/C11H11N3S2/c15-11(16)13-14-7-6-12-10(14)8-9-4-2-1-3-5-9/h1-7H,8H2,(H2,13,15,16). The van der Waals surface area contributed by atoms with Crippen LogP contribution in [0.3, 0.4) is 0 Å². The van der Waals surface area contributed by atoms with Crippen molar-refractivity contribution in [3.05, 3.63) is 54.1 Å². The summed E-state index contributed by atoms with van der Waals surface area (Å²) in [6, 6.07) is 10.2. The molecule has 0 saturated heterocycles. The van der Waals surface area contributed by atoms with E-state index in [1.54, 1.807) is 10.9 Å². The topological polar surface area (TPSA) is 29.9 Å². The number of rotatable bonds is 3. The van der Waals surface area contributed by atoms with Gasteiger partial charge in [-0.3, -0.25) is 5.43 Å². The quantitative estimate of drug-likeness (QED) is 0.646. The molecule has 0 fully saturated rings. The number of aromatic nitrogens is 2. The van der Waals surface area contributed by atoms with E-state index in [0.29, 0.717) is 4.32 Å². The summed E-state index contributed by atoms with van der Waals surface area (Å²) in [6.45, 7) is 0. The molecular formula is C11H11N3S2. The van der Waals surface area contributed by atoms with E-state index in [1.165, 1.54) is 5.56 Å². The molecule has 0 aliphatic heterocycles. The molecule has 0 radical (unpaired) electrons. The fraction of sp³-hybridized carbons (Fsp3) is 0.0909. The first-order valence-corrected chi connectivity index (χ1v) is 5.67. The molecular weight excluding hydrogens is 238 g/mol. The number of imidazole rings is 1. The molecule has 3 nitrogen and oxygen atoms in total. The van der Waals surface area contributed by atoms with Crippen LogP contribution in [0.1, 0.15) is 11.4 Å². The minimum absolute atomic E-state index is 0.423. The molecule has 2 aromatic rings. The zero-order valence-corrected chi connectivity index (χ0v) is 10.2. The second-order valence-electron chi connectivity index (χ2n) is 3.29. The average molecular weight is 249 g/mol. The first-order valence-electron chi connectivity index (χ1n) is 4.82. The summed E-state index contributed by atoms with van der Waals surface area (Å²) in [5.74, 6) is 0.905. The van der Waals surface area contributed by atoms with Crippen molar-refractivity contribution >= 4 is 29.2 Å². The van der Waals surface area contributed by atoms with Crippen LogP contribution in [0.25, 0.3) is 0 Å². The minimum atomic E-state index is 0.423. The van der Waals surface area contributed by atoms with Crippen LogP contribution in [0.2, 0.25) is 0 Å². The van der Waals surface area contributed by atoms with Crippen molar-refractivity contribution in [2.24, 2.45) is 0 Å². The number of benzene rings is 1. The van der Waals surface area contributed by atoms with E-state index in [2.05, 4.69) is 35.2 Å². The number of nitrogens with zero attached hydrogens (tertiary/aromatic N) is 2. The van der Waals surface area contributed by atoms with Crippen molar-refractivity contribution in [2.75, 3.05) is 5.43 Å². The average Bonchev–Trinajstić information content (AvgIpc) is 2.66. The van der Waals surface area contributed by atoms with Crippen LogP contribution in [0, 0.1) is 0 Å². The van der Waals surface area contributed by atoms with Gasteiger partial charge in [0.25, 0.3) is 0 Å². The highest BCUT2D eigenvalue weighted by atomic mass is 32.1. The molecule has 2 rings (SSSR count). The molecule has 0 unspecified atom stereocenters. The van der Waals surface area contributed by atoms with Crippen molar-refractivity contribution in [3.8, 4) is 0 Å².